The molecule has 0 saturated heterocycles. The first-order chi connectivity index (χ1) is 9.98. The zero-order chi connectivity index (χ0) is 15.3. The summed E-state index contributed by atoms with van der Waals surface area (Å²) in [5.74, 6) is 0. The second-order valence-corrected chi connectivity index (χ2v) is 6.93. The molecule has 0 aliphatic carbocycles. The van der Waals surface area contributed by atoms with Crippen molar-refractivity contribution in [1.29, 1.82) is 0 Å². The summed E-state index contributed by atoms with van der Waals surface area (Å²) in [6.45, 7) is 9.09. The average molecular weight is 281 g/mol. The van der Waals surface area contributed by atoms with Crippen molar-refractivity contribution in [3.63, 3.8) is 0 Å². The molecule has 2 rings (SSSR count). The minimum absolute atomic E-state index is 0.288. The molecule has 1 nitrogen and oxygen atoms in total. The van der Waals surface area contributed by atoms with E-state index in [9.17, 15) is 0 Å². The van der Waals surface area contributed by atoms with E-state index in [1.54, 1.807) is 0 Å². The molecule has 2 aromatic carbocycles. The van der Waals surface area contributed by atoms with Gasteiger partial charge in [0.25, 0.3) is 0 Å². The third kappa shape index (κ3) is 4.93. The summed E-state index contributed by atoms with van der Waals surface area (Å²) in [5, 5.41) is 3.73. The largest absolute Gasteiger partial charge is 0.378 e. The zero-order valence-corrected chi connectivity index (χ0v) is 13.7. The van der Waals surface area contributed by atoms with Crippen molar-refractivity contribution in [2.45, 2.75) is 46.6 Å². The monoisotopic (exact) mass is 281 g/mol. The van der Waals surface area contributed by atoms with E-state index >= 15 is 0 Å². The number of anilines is 1. The molecule has 0 saturated carbocycles. The van der Waals surface area contributed by atoms with Crippen molar-refractivity contribution in [3.05, 3.63) is 65.7 Å². The van der Waals surface area contributed by atoms with E-state index in [0.717, 1.165) is 12.8 Å². The van der Waals surface area contributed by atoms with Gasteiger partial charge in [-0.3, -0.25) is 0 Å². The van der Waals surface area contributed by atoms with Gasteiger partial charge in [0, 0.05) is 5.69 Å². The van der Waals surface area contributed by atoms with Gasteiger partial charge in [-0.1, -0.05) is 70.2 Å². The molecule has 0 amide bonds. The number of rotatable bonds is 5. The van der Waals surface area contributed by atoms with Crippen molar-refractivity contribution < 1.29 is 0 Å². The Bertz CT molecular complexity index is 552. The number of nitrogens with one attached hydrogen (secondary N) is 1. The lowest BCUT2D eigenvalue weighted by Crippen LogP contribution is -2.18. The third-order valence-electron chi connectivity index (χ3n) is 3.69. The van der Waals surface area contributed by atoms with E-state index in [1.165, 1.54) is 16.8 Å². The Balaban J connectivity index is 2.23. The van der Waals surface area contributed by atoms with Crippen LogP contribution in [0.4, 0.5) is 5.69 Å². The minimum atomic E-state index is 0.288. The minimum Gasteiger partial charge on any atom is -0.378 e. The third-order valence-corrected chi connectivity index (χ3v) is 3.69. The van der Waals surface area contributed by atoms with E-state index < -0.39 is 0 Å². The van der Waals surface area contributed by atoms with Gasteiger partial charge in [0.15, 0.2) is 0 Å². The van der Waals surface area contributed by atoms with E-state index in [0.29, 0.717) is 6.04 Å². The molecule has 0 radical (unpaired) electrons. The highest BCUT2D eigenvalue weighted by molar-refractivity contribution is 5.48. The Morgan fingerprint density at radius 1 is 0.952 bits per heavy atom. The number of hydrogen-bond acceptors (Lipinski definition) is 1. The second kappa shape index (κ2) is 6.80. The van der Waals surface area contributed by atoms with Crippen LogP contribution in [0.5, 0.6) is 0 Å². The van der Waals surface area contributed by atoms with E-state index in [4.69, 9.17) is 0 Å². The van der Waals surface area contributed by atoms with Crippen LogP contribution < -0.4 is 5.32 Å². The standard InChI is InChI=1S/C20H27N/c1-5-16-10-9-13-18(14-16)21-19(15-20(2,3)4)17-11-7-6-8-12-17/h6-14,19,21H,5,15H2,1-4H3. The van der Waals surface area contributed by atoms with Crippen LogP contribution >= 0.6 is 0 Å². The van der Waals surface area contributed by atoms with Gasteiger partial charge in [0.1, 0.15) is 0 Å². The predicted molar refractivity (Wildman–Crippen MR) is 92.7 cm³/mol. The van der Waals surface area contributed by atoms with Gasteiger partial charge < -0.3 is 5.32 Å². The van der Waals surface area contributed by atoms with E-state index in [1.807, 2.05) is 0 Å². The van der Waals surface area contributed by atoms with Crippen LogP contribution in [0.25, 0.3) is 0 Å². The van der Waals surface area contributed by atoms with Crippen LogP contribution in [0.3, 0.4) is 0 Å². The van der Waals surface area contributed by atoms with Gasteiger partial charge in [-0.2, -0.15) is 0 Å². The number of hydrogen-bond donors (Lipinski definition) is 1. The van der Waals surface area contributed by atoms with Crippen molar-refractivity contribution in [3.8, 4) is 0 Å². The summed E-state index contributed by atoms with van der Waals surface area (Å²) in [6, 6.07) is 19.8. The summed E-state index contributed by atoms with van der Waals surface area (Å²) >= 11 is 0. The zero-order valence-electron chi connectivity index (χ0n) is 13.7. The Hall–Kier alpha value is -1.76. The van der Waals surface area contributed by atoms with Crippen LogP contribution in [0.1, 0.15) is 51.3 Å². The highest BCUT2D eigenvalue weighted by Crippen LogP contribution is 2.32. The molecule has 2 aromatic rings. The lowest BCUT2D eigenvalue weighted by Gasteiger charge is -2.28. The summed E-state index contributed by atoms with van der Waals surface area (Å²) in [5.41, 5.74) is 4.24. The maximum absolute atomic E-state index is 3.73. The van der Waals surface area contributed by atoms with E-state index in [2.05, 4.69) is 87.6 Å². The molecule has 1 N–H and O–H groups in total. The maximum atomic E-state index is 3.73. The predicted octanol–water partition coefficient (Wildman–Crippen LogP) is 5.84. The van der Waals surface area contributed by atoms with Crippen molar-refractivity contribution in [2.24, 2.45) is 5.41 Å². The Morgan fingerprint density at radius 3 is 2.29 bits per heavy atom. The van der Waals surface area contributed by atoms with Crippen molar-refractivity contribution >= 4 is 5.69 Å². The average Bonchev–Trinajstić information content (AvgIpc) is 2.46. The molecule has 0 aliphatic heterocycles. The molecular weight excluding hydrogens is 254 g/mol. The first kappa shape index (κ1) is 15.6. The Kier molecular flexibility index (Phi) is 5.06. The first-order valence-electron chi connectivity index (χ1n) is 7.88. The fourth-order valence-electron chi connectivity index (χ4n) is 2.63. The molecule has 1 unspecified atom stereocenters. The summed E-state index contributed by atoms with van der Waals surface area (Å²) in [4.78, 5) is 0. The molecule has 0 spiro atoms. The smallest absolute Gasteiger partial charge is 0.0518 e. The second-order valence-electron chi connectivity index (χ2n) is 6.93. The lowest BCUT2D eigenvalue weighted by atomic mass is 9.85. The fourth-order valence-corrected chi connectivity index (χ4v) is 2.63. The topological polar surface area (TPSA) is 12.0 Å². The highest BCUT2D eigenvalue weighted by atomic mass is 14.9. The van der Waals surface area contributed by atoms with Crippen LogP contribution in [0, 0.1) is 5.41 Å². The number of benzene rings is 2. The quantitative estimate of drug-likeness (QED) is 0.726. The number of aryl methyl sites for hydroxylation is 1. The SMILES string of the molecule is CCc1cccc(NC(CC(C)(C)C)c2ccccc2)c1. The Labute approximate surface area is 129 Å². The molecular formula is C20H27N. The highest BCUT2D eigenvalue weighted by Gasteiger charge is 2.20. The molecule has 1 heteroatoms. The summed E-state index contributed by atoms with van der Waals surface area (Å²) in [7, 11) is 0. The summed E-state index contributed by atoms with van der Waals surface area (Å²) in [6.07, 6.45) is 2.18. The van der Waals surface area contributed by atoms with Crippen LogP contribution in [0.2, 0.25) is 0 Å². The van der Waals surface area contributed by atoms with Crippen LogP contribution in [-0.2, 0) is 6.42 Å². The van der Waals surface area contributed by atoms with Gasteiger partial charge in [0.05, 0.1) is 6.04 Å². The van der Waals surface area contributed by atoms with Crippen LogP contribution in [0.15, 0.2) is 54.6 Å². The first-order valence-corrected chi connectivity index (χ1v) is 7.88. The van der Waals surface area contributed by atoms with Crippen molar-refractivity contribution in [2.75, 3.05) is 5.32 Å². The molecule has 0 aromatic heterocycles. The van der Waals surface area contributed by atoms with Crippen LogP contribution in [-0.4, -0.2) is 0 Å². The normalized spacial score (nSPS) is 13.0. The Morgan fingerprint density at radius 2 is 1.67 bits per heavy atom. The molecule has 0 heterocycles. The van der Waals surface area contributed by atoms with E-state index in [-0.39, 0.29) is 5.41 Å². The fraction of sp³-hybridized carbons (Fsp3) is 0.400. The van der Waals surface area contributed by atoms with Gasteiger partial charge in [-0.25, -0.2) is 0 Å². The van der Waals surface area contributed by atoms with Gasteiger partial charge in [-0.15, -0.1) is 0 Å². The van der Waals surface area contributed by atoms with Gasteiger partial charge in [-0.05, 0) is 41.5 Å². The molecule has 112 valence electrons. The summed E-state index contributed by atoms with van der Waals surface area (Å²) < 4.78 is 0. The molecule has 0 bridgehead atoms. The van der Waals surface area contributed by atoms with Gasteiger partial charge in [0.2, 0.25) is 0 Å². The van der Waals surface area contributed by atoms with Gasteiger partial charge >= 0.3 is 0 Å². The maximum Gasteiger partial charge on any atom is 0.0518 e. The molecule has 1 atom stereocenters. The molecule has 21 heavy (non-hydrogen) atoms. The molecule has 0 fully saturated rings. The lowest BCUT2D eigenvalue weighted by molar-refractivity contribution is 0.352. The molecule has 0 aliphatic rings. The van der Waals surface area contributed by atoms with Crippen molar-refractivity contribution in [1.82, 2.24) is 0 Å².